The summed E-state index contributed by atoms with van der Waals surface area (Å²) in [7, 11) is 0. The van der Waals surface area contributed by atoms with Gasteiger partial charge in [0.2, 0.25) is 11.8 Å². The quantitative estimate of drug-likeness (QED) is 0.0653. The lowest BCUT2D eigenvalue weighted by Gasteiger charge is -2.43. The van der Waals surface area contributed by atoms with Crippen molar-refractivity contribution in [1.29, 1.82) is 0 Å². The SMILES string of the molecule is CC1C[C@H](c2cc3[nH]c(C4CCCN4C(=O)C(NC(=O)O)C4CCCC4)nc3cc2F)N(c2cc(F)c(N3CCCCC3)c(F)c2)[C@]1(C)c1cc2[nH]c(C3CCCN3C(=O)[C@@H](NC(=O)O)C3CCCC3)nc2cc1F. The highest BCUT2D eigenvalue weighted by Crippen LogP contribution is 2.56. The number of amides is 4. The monoisotopic (exact) mass is 1040 g/mol. The van der Waals surface area contributed by atoms with Gasteiger partial charge in [-0.3, -0.25) is 9.59 Å². The summed E-state index contributed by atoms with van der Waals surface area (Å²) in [4.78, 5) is 75.2. The van der Waals surface area contributed by atoms with Gasteiger partial charge in [-0.1, -0.05) is 32.6 Å². The number of hydrogen-bond donors (Lipinski definition) is 6. The normalized spacial score (nSPS) is 25.5. The molecule has 0 bridgehead atoms. The second kappa shape index (κ2) is 20.2. The Hall–Kier alpha value is -6.60. The number of imidazole rings is 2. The maximum Gasteiger partial charge on any atom is 0.405 e. The van der Waals surface area contributed by atoms with E-state index in [9.17, 15) is 29.4 Å². The van der Waals surface area contributed by atoms with E-state index in [1.54, 1.807) is 38.7 Å². The molecule has 2 aliphatic carbocycles. The highest BCUT2D eigenvalue weighted by atomic mass is 19.1. The predicted molar refractivity (Wildman–Crippen MR) is 272 cm³/mol. The molecule has 2 saturated carbocycles. The lowest BCUT2D eigenvalue weighted by atomic mass is 9.80. The van der Waals surface area contributed by atoms with Crippen molar-refractivity contribution in [2.24, 2.45) is 17.8 Å². The lowest BCUT2D eigenvalue weighted by molar-refractivity contribution is -0.136. The molecule has 0 radical (unpaired) electrons. The van der Waals surface area contributed by atoms with Crippen molar-refractivity contribution in [2.45, 2.75) is 152 Å². The molecule has 2 aromatic heterocycles. The molecule has 20 heteroatoms. The minimum atomic E-state index is -1.36. The number of likely N-dealkylation sites (tertiary alicyclic amines) is 2. The van der Waals surface area contributed by atoms with Crippen LogP contribution in [-0.2, 0) is 15.1 Å². The van der Waals surface area contributed by atoms with E-state index >= 15 is 17.6 Å². The Morgan fingerprint density at radius 2 is 1.11 bits per heavy atom. The molecular weight excluding hydrogens is 973 g/mol. The topological polar surface area (TPSA) is 203 Å². The molecule has 400 valence electrons. The molecule has 6 aliphatic rings. The van der Waals surface area contributed by atoms with Gasteiger partial charge in [-0.25, -0.2) is 37.1 Å². The number of nitrogens with one attached hydrogen (secondary N) is 4. The minimum absolute atomic E-state index is 0.0935. The van der Waals surface area contributed by atoms with Gasteiger partial charge in [-0.15, -0.1) is 0 Å². The van der Waals surface area contributed by atoms with Gasteiger partial charge in [-0.05, 0) is 126 Å². The molecular formula is C55H66F4N10O6. The van der Waals surface area contributed by atoms with E-state index in [2.05, 4.69) is 20.6 Å². The van der Waals surface area contributed by atoms with E-state index in [0.29, 0.717) is 85.6 Å². The standard InChI is InChI=1S/C55H66F4N10O6/c1-29-22-45(33-25-39-41(27-35(33)56)62-49(60-39)43-16-10-20-67(43)51(70)46(64-53(72)73)30-12-4-5-13-30)69(32-23-37(58)48(38(59)24-32)66-18-8-3-9-19-66)55(29,2)34-26-40-42(28-36(34)57)63-50(61-40)44-17-11-21-68(44)52(71)47(65-54(74)75)31-14-6-7-15-31/h23-31,43-47,64-65H,3-22H2,1-2H3,(H,60,62)(H,61,63)(H,72,73)(H,74,75)/t29?,43?,44?,45-,46?,47+,55+/m1/s1. The molecule has 16 nitrogen and oxygen atoms in total. The number of aromatic amines is 2. The number of hydrogen-bond acceptors (Lipinski definition) is 8. The molecule has 7 atom stereocenters. The number of carbonyl (C=O) groups excluding carboxylic acids is 2. The average molecular weight is 1040 g/mol. The predicted octanol–water partition coefficient (Wildman–Crippen LogP) is 10.5. The van der Waals surface area contributed by atoms with Gasteiger partial charge in [0.25, 0.3) is 0 Å². The fourth-order valence-electron chi connectivity index (χ4n) is 14.1. The number of H-pyrrole nitrogens is 2. The number of rotatable bonds is 12. The molecule has 4 aliphatic heterocycles. The first-order chi connectivity index (χ1) is 36.1. The molecule has 5 aromatic rings. The third-order valence-electron chi connectivity index (χ3n) is 17.9. The highest BCUT2D eigenvalue weighted by molar-refractivity contribution is 5.87. The largest absolute Gasteiger partial charge is 0.465 e. The summed E-state index contributed by atoms with van der Waals surface area (Å²) in [5.41, 5.74) is 0.460. The van der Waals surface area contributed by atoms with Gasteiger partial charge in [0.1, 0.15) is 41.1 Å². The Kier molecular flexibility index (Phi) is 13.6. The molecule has 4 amide bonds. The maximum absolute atomic E-state index is 17.3. The molecule has 6 N–H and O–H groups in total. The first-order valence-electron chi connectivity index (χ1n) is 27.1. The summed E-state index contributed by atoms with van der Waals surface area (Å²) in [5, 5.41) is 24.4. The second-order valence-corrected chi connectivity index (χ2v) is 22.3. The van der Waals surface area contributed by atoms with Crippen LogP contribution >= 0.6 is 0 Å². The highest BCUT2D eigenvalue weighted by Gasteiger charge is 2.53. The fraction of sp³-hybridized carbons (Fsp3) is 0.564. The number of nitrogens with zero attached hydrogens (tertiary/aromatic N) is 6. The van der Waals surface area contributed by atoms with E-state index in [0.717, 1.165) is 70.6 Å². The van der Waals surface area contributed by atoms with E-state index in [1.807, 2.05) is 6.92 Å². The van der Waals surface area contributed by atoms with E-state index in [1.165, 1.54) is 24.3 Å². The van der Waals surface area contributed by atoms with Gasteiger partial charge in [-0.2, -0.15) is 0 Å². The van der Waals surface area contributed by atoms with Crippen molar-refractivity contribution in [2.75, 3.05) is 36.0 Å². The zero-order valence-corrected chi connectivity index (χ0v) is 42.4. The number of carbonyl (C=O) groups is 4. The average Bonchev–Trinajstić information content (AvgIpc) is 4.30. The van der Waals surface area contributed by atoms with Crippen LogP contribution in [0.1, 0.15) is 157 Å². The van der Waals surface area contributed by atoms with Gasteiger partial charge in [0, 0.05) is 55.1 Å². The smallest absolute Gasteiger partial charge is 0.405 e. The Bertz CT molecular complexity index is 3000. The summed E-state index contributed by atoms with van der Waals surface area (Å²) < 4.78 is 67.7. The summed E-state index contributed by atoms with van der Waals surface area (Å²) in [6, 6.07) is 4.70. The van der Waals surface area contributed by atoms with Crippen LogP contribution in [0.5, 0.6) is 0 Å². The first-order valence-corrected chi connectivity index (χ1v) is 27.1. The number of carboxylic acid groups (broad SMARTS) is 2. The zero-order valence-electron chi connectivity index (χ0n) is 42.4. The minimum Gasteiger partial charge on any atom is -0.465 e. The number of aromatic nitrogens is 4. The molecule has 11 rings (SSSR count). The summed E-state index contributed by atoms with van der Waals surface area (Å²) in [5.74, 6) is -3.33. The van der Waals surface area contributed by atoms with Crippen LogP contribution in [0.2, 0.25) is 0 Å². The summed E-state index contributed by atoms with van der Waals surface area (Å²) in [6.07, 6.45) is 9.27. The van der Waals surface area contributed by atoms with Crippen molar-refractivity contribution in [3.8, 4) is 0 Å². The van der Waals surface area contributed by atoms with E-state index in [-0.39, 0.29) is 52.6 Å². The van der Waals surface area contributed by atoms with Crippen LogP contribution in [0, 0.1) is 41.0 Å². The van der Waals surface area contributed by atoms with Crippen molar-refractivity contribution in [3.63, 3.8) is 0 Å². The van der Waals surface area contributed by atoms with Crippen LogP contribution in [0.3, 0.4) is 0 Å². The molecule has 4 unspecified atom stereocenters. The van der Waals surface area contributed by atoms with Gasteiger partial charge >= 0.3 is 12.2 Å². The fourth-order valence-corrected chi connectivity index (χ4v) is 14.1. The van der Waals surface area contributed by atoms with Gasteiger partial charge < -0.3 is 50.4 Å². The number of fused-ring (bicyclic) bond motifs is 2. The summed E-state index contributed by atoms with van der Waals surface area (Å²) >= 11 is 0. The van der Waals surface area contributed by atoms with Crippen LogP contribution < -0.4 is 20.4 Å². The summed E-state index contributed by atoms with van der Waals surface area (Å²) in [6.45, 7) is 5.49. The van der Waals surface area contributed by atoms with E-state index < -0.39 is 77.1 Å². The van der Waals surface area contributed by atoms with E-state index in [4.69, 9.17) is 9.97 Å². The second-order valence-electron chi connectivity index (χ2n) is 22.3. The Morgan fingerprint density at radius 3 is 1.61 bits per heavy atom. The number of benzene rings is 3. The van der Waals surface area contributed by atoms with Gasteiger partial charge in [0.05, 0.1) is 45.7 Å². The zero-order chi connectivity index (χ0) is 52.4. The maximum atomic E-state index is 17.3. The van der Waals surface area contributed by atoms with Crippen LogP contribution in [0.25, 0.3) is 22.1 Å². The molecule has 75 heavy (non-hydrogen) atoms. The Labute approximate surface area is 432 Å². The number of anilines is 2. The van der Waals surface area contributed by atoms with Crippen molar-refractivity contribution >= 4 is 57.4 Å². The van der Waals surface area contributed by atoms with Crippen LogP contribution in [0.15, 0.2) is 36.4 Å². The third kappa shape index (κ3) is 9.16. The van der Waals surface area contributed by atoms with Crippen molar-refractivity contribution in [1.82, 2.24) is 40.4 Å². The Balaban J connectivity index is 0.961. The van der Waals surface area contributed by atoms with Crippen LogP contribution in [0.4, 0.5) is 38.5 Å². The lowest BCUT2D eigenvalue weighted by Crippen LogP contribution is -2.51. The molecule has 0 spiro atoms. The molecule has 4 saturated heterocycles. The first kappa shape index (κ1) is 50.6. The van der Waals surface area contributed by atoms with Crippen molar-refractivity contribution in [3.05, 3.63) is 82.4 Å². The molecule has 3 aromatic carbocycles. The Morgan fingerprint density at radius 1 is 0.613 bits per heavy atom. The third-order valence-corrected chi connectivity index (χ3v) is 17.9. The number of piperidine rings is 1. The molecule has 6 heterocycles. The van der Waals surface area contributed by atoms with Gasteiger partial charge in [0.15, 0.2) is 11.6 Å². The van der Waals surface area contributed by atoms with Crippen molar-refractivity contribution < 1.29 is 47.0 Å². The number of halogens is 4. The molecule has 6 fully saturated rings. The van der Waals surface area contributed by atoms with Crippen LogP contribution in [-0.4, -0.2) is 102 Å².